The zero-order chi connectivity index (χ0) is 28.6. The zero-order valence-electron chi connectivity index (χ0n) is 23.4. The predicted octanol–water partition coefficient (Wildman–Crippen LogP) is 5.15. The van der Waals surface area contributed by atoms with Crippen LogP contribution >= 0.6 is 11.6 Å². The molecule has 3 aromatic rings. The third-order valence-electron chi connectivity index (χ3n) is 8.87. The molecular weight excluding hydrogens is 562 g/mol. The lowest BCUT2D eigenvalue weighted by Gasteiger charge is -2.39. The van der Waals surface area contributed by atoms with Gasteiger partial charge in [-0.15, -0.1) is 0 Å². The minimum atomic E-state index is -3.74. The molecule has 41 heavy (non-hydrogen) atoms. The minimum absolute atomic E-state index is 0.0417. The standard InChI is InChI=1S/C31H38ClN3O5S/c1-39-16-14-20-2-4-22(5-3-20)30-29(32)26-13-12-25(18-27(26)33-30)41(37,38)34-24-10-8-23(9-11-24)31(36)35-15-17-40-19-28(35)21-6-7-21/h2-5,12-13,18,21,23-24,28,33-34H,6-11,14-17,19H2,1H3. The number of sulfonamides is 1. The van der Waals surface area contributed by atoms with Crippen molar-refractivity contribution in [1.29, 1.82) is 0 Å². The molecule has 3 aliphatic rings. The van der Waals surface area contributed by atoms with Crippen LogP contribution in [0.1, 0.15) is 44.1 Å². The summed E-state index contributed by atoms with van der Waals surface area (Å²) in [5.74, 6) is 0.762. The number of fused-ring (bicyclic) bond motifs is 1. The molecule has 1 saturated heterocycles. The highest BCUT2D eigenvalue weighted by Gasteiger charge is 2.41. The van der Waals surface area contributed by atoms with E-state index in [2.05, 4.69) is 14.6 Å². The summed E-state index contributed by atoms with van der Waals surface area (Å²) in [5.41, 5.74) is 3.53. The second-order valence-electron chi connectivity index (χ2n) is 11.6. The van der Waals surface area contributed by atoms with Gasteiger partial charge in [0.25, 0.3) is 0 Å². The molecule has 1 atom stereocenters. The van der Waals surface area contributed by atoms with Crippen LogP contribution in [0.15, 0.2) is 47.4 Å². The lowest BCUT2D eigenvalue weighted by molar-refractivity contribution is -0.146. The zero-order valence-corrected chi connectivity index (χ0v) is 25.0. The number of hydrogen-bond acceptors (Lipinski definition) is 5. The van der Waals surface area contributed by atoms with Crippen LogP contribution in [-0.2, 0) is 30.7 Å². The van der Waals surface area contributed by atoms with Crippen LogP contribution in [0.4, 0.5) is 0 Å². The van der Waals surface area contributed by atoms with Crippen molar-refractivity contribution in [2.75, 3.05) is 33.5 Å². The fourth-order valence-corrected chi connectivity index (χ4v) is 7.97. The number of carbonyl (C=O) groups excluding carboxylic acids is 1. The molecule has 1 unspecified atom stereocenters. The lowest BCUT2D eigenvalue weighted by atomic mass is 9.85. The normalized spacial score (nSPS) is 23.7. The van der Waals surface area contributed by atoms with E-state index in [0.717, 1.165) is 23.1 Å². The Hall–Kier alpha value is -2.43. The van der Waals surface area contributed by atoms with Gasteiger partial charge in [-0.1, -0.05) is 35.9 Å². The maximum atomic E-state index is 13.4. The topological polar surface area (TPSA) is 101 Å². The monoisotopic (exact) mass is 599 g/mol. The molecule has 1 amide bonds. The van der Waals surface area contributed by atoms with E-state index in [1.807, 2.05) is 24.3 Å². The molecular formula is C31H38ClN3O5S. The number of nitrogens with one attached hydrogen (secondary N) is 2. The second-order valence-corrected chi connectivity index (χ2v) is 13.7. The second kappa shape index (κ2) is 12.1. The van der Waals surface area contributed by atoms with Crippen LogP contribution in [-0.4, -0.2) is 69.8 Å². The van der Waals surface area contributed by atoms with Crippen molar-refractivity contribution < 1.29 is 22.7 Å². The highest BCUT2D eigenvalue weighted by atomic mass is 35.5. The number of halogens is 1. The number of H-pyrrole nitrogens is 1. The van der Waals surface area contributed by atoms with Crippen LogP contribution in [0.5, 0.6) is 0 Å². The number of amides is 1. The van der Waals surface area contributed by atoms with Gasteiger partial charge in [0.2, 0.25) is 15.9 Å². The number of morpholine rings is 1. The molecule has 2 saturated carbocycles. The van der Waals surface area contributed by atoms with Gasteiger partial charge in [0.15, 0.2) is 0 Å². The molecule has 2 aromatic carbocycles. The van der Waals surface area contributed by atoms with Crippen LogP contribution in [0, 0.1) is 11.8 Å². The largest absolute Gasteiger partial charge is 0.384 e. The average molecular weight is 600 g/mol. The Morgan fingerprint density at radius 2 is 1.85 bits per heavy atom. The van der Waals surface area contributed by atoms with Crippen LogP contribution in [0.3, 0.4) is 0 Å². The van der Waals surface area contributed by atoms with Gasteiger partial charge >= 0.3 is 0 Å². The summed E-state index contributed by atoms with van der Waals surface area (Å²) in [4.78, 5) is 18.9. The van der Waals surface area contributed by atoms with Crippen molar-refractivity contribution in [3.8, 4) is 11.3 Å². The van der Waals surface area contributed by atoms with E-state index in [1.54, 1.807) is 25.3 Å². The van der Waals surface area contributed by atoms with Gasteiger partial charge in [-0.25, -0.2) is 13.1 Å². The van der Waals surface area contributed by atoms with Gasteiger partial charge in [0.1, 0.15) is 0 Å². The first-order chi connectivity index (χ1) is 19.8. The fraction of sp³-hybridized carbons (Fsp3) is 0.516. The number of ether oxygens (including phenoxy) is 2. The van der Waals surface area contributed by atoms with Crippen molar-refractivity contribution in [1.82, 2.24) is 14.6 Å². The highest BCUT2D eigenvalue weighted by molar-refractivity contribution is 7.89. The van der Waals surface area contributed by atoms with Crippen molar-refractivity contribution in [2.24, 2.45) is 11.8 Å². The van der Waals surface area contributed by atoms with Gasteiger partial charge in [0.05, 0.1) is 41.5 Å². The lowest BCUT2D eigenvalue weighted by Crippen LogP contribution is -2.52. The van der Waals surface area contributed by atoms with Crippen molar-refractivity contribution in [3.05, 3.63) is 53.1 Å². The SMILES string of the molecule is COCCc1ccc(-c2[nH]c3cc(S(=O)(=O)NC4CCC(C(=O)N5CCOCC5C5CC5)CC4)ccc3c2Cl)cc1. The first kappa shape index (κ1) is 28.7. The number of aromatic nitrogens is 1. The number of benzene rings is 2. The van der Waals surface area contributed by atoms with E-state index >= 15 is 0 Å². The van der Waals surface area contributed by atoms with E-state index in [4.69, 9.17) is 21.1 Å². The smallest absolute Gasteiger partial charge is 0.240 e. The molecule has 0 bridgehead atoms. The molecule has 10 heteroatoms. The number of nitrogens with zero attached hydrogens (tertiary/aromatic N) is 1. The quantitative estimate of drug-likeness (QED) is 0.354. The number of rotatable bonds is 9. The van der Waals surface area contributed by atoms with Crippen LogP contribution in [0.25, 0.3) is 22.2 Å². The molecule has 1 aliphatic heterocycles. The minimum Gasteiger partial charge on any atom is -0.384 e. The Labute approximate surface area is 246 Å². The maximum Gasteiger partial charge on any atom is 0.240 e. The predicted molar refractivity (Wildman–Crippen MR) is 159 cm³/mol. The molecule has 2 N–H and O–H groups in total. The highest BCUT2D eigenvalue weighted by Crippen LogP contribution is 2.39. The van der Waals surface area contributed by atoms with Crippen molar-refractivity contribution in [3.63, 3.8) is 0 Å². The fourth-order valence-electron chi connectivity index (χ4n) is 6.31. The number of methoxy groups -OCH3 is 1. The van der Waals surface area contributed by atoms with E-state index in [1.165, 1.54) is 18.4 Å². The molecule has 8 nitrogen and oxygen atoms in total. The molecule has 0 spiro atoms. The maximum absolute atomic E-state index is 13.4. The van der Waals surface area contributed by atoms with Crippen molar-refractivity contribution in [2.45, 2.75) is 61.9 Å². The van der Waals surface area contributed by atoms with Gasteiger partial charge in [-0.2, -0.15) is 0 Å². The summed E-state index contributed by atoms with van der Waals surface area (Å²) in [7, 11) is -2.05. The third-order valence-corrected chi connectivity index (χ3v) is 10.8. The summed E-state index contributed by atoms with van der Waals surface area (Å²) < 4.78 is 40.4. The molecule has 2 aliphatic carbocycles. The summed E-state index contributed by atoms with van der Waals surface area (Å²) in [6.07, 6.45) is 5.87. The Kier molecular flexibility index (Phi) is 8.43. The van der Waals surface area contributed by atoms with E-state index < -0.39 is 10.0 Å². The van der Waals surface area contributed by atoms with E-state index in [-0.39, 0.29) is 28.8 Å². The molecule has 2 heterocycles. The molecule has 1 aromatic heterocycles. The third kappa shape index (κ3) is 6.20. The Balaban J connectivity index is 1.10. The van der Waals surface area contributed by atoms with Gasteiger partial charge in [-0.05, 0) is 80.2 Å². The van der Waals surface area contributed by atoms with E-state index in [0.29, 0.717) is 68.5 Å². The first-order valence-electron chi connectivity index (χ1n) is 14.6. The van der Waals surface area contributed by atoms with Gasteiger partial charge in [-0.3, -0.25) is 4.79 Å². The summed E-state index contributed by atoms with van der Waals surface area (Å²) in [6, 6.07) is 13.1. The van der Waals surface area contributed by atoms with E-state index in [9.17, 15) is 13.2 Å². The summed E-state index contributed by atoms with van der Waals surface area (Å²) in [5, 5.41) is 1.34. The molecule has 0 radical (unpaired) electrons. The van der Waals surface area contributed by atoms with Crippen molar-refractivity contribution >= 4 is 38.4 Å². The molecule has 3 fully saturated rings. The van der Waals surface area contributed by atoms with Gasteiger partial charge < -0.3 is 19.4 Å². The Morgan fingerprint density at radius 3 is 2.56 bits per heavy atom. The molecule has 6 rings (SSSR count). The Morgan fingerprint density at radius 1 is 1.10 bits per heavy atom. The first-order valence-corrected chi connectivity index (χ1v) is 16.5. The van der Waals surface area contributed by atoms with Crippen LogP contribution in [0.2, 0.25) is 5.02 Å². The Bertz CT molecular complexity index is 1490. The summed E-state index contributed by atoms with van der Waals surface area (Å²) >= 11 is 6.71. The summed E-state index contributed by atoms with van der Waals surface area (Å²) in [6.45, 7) is 2.57. The van der Waals surface area contributed by atoms with Crippen LogP contribution < -0.4 is 4.72 Å². The number of hydrogen-bond donors (Lipinski definition) is 2. The molecule has 220 valence electrons. The number of carbonyl (C=O) groups is 1. The number of aromatic amines is 1. The van der Waals surface area contributed by atoms with Gasteiger partial charge in [0, 0.05) is 36.5 Å². The average Bonchev–Trinajstić information content (AvgIpc) is 3.79.